The molecule has 0 atom stereocenters. The number of anilines is 1. The van der Waals surface area contributed by atoms with Crippen LogP contribution in [-0.2, 0) is 9.59 Å². The van der Waals surface area contributed by atoms with E-state index in [4.69, 9.17) is 9.84 Å². The van der Waals surface area contributed by atoms with Crippen LogP contribution in [0, 0.1) is 5.41 Å². The maximum Gasteiger partial charge on any atom is 0.341 e. The summed E-state index contributed by atoms with van der Waals surface area (Å²) in [6.07, 6.45) is 0. The average Bonchev–Trinajstić information content (AvgIpc) is 2.34. The van der Waals surface area contributed by atoms with Gasteiger partial charge in [0.2, 0.25) is 5.91 Å². The highest BCUT2D eigenvalue weighted by Gasteiger charge is 2.25. The van der Waals surface area contributed by atoms with Crippen molar-refractivity contribution < 1.29 is 19.4 Å². The van der Waals surface area contributed by atoms with E-state index >= 15 is 0 Å². The molecule has 5 heteroatoms. The van der Waals surface area contributed by atoms with Crippen LogP contribution in [0.4, 0.5) is 5.69 Å². The molecule has 0 aromatic heterocycles. The molecule has 0 aliphatic heterocycles. The Bertz CT molecular complexity index is 459. The number of benzene rings is 1. The molecule has 0 spiro atoms. The molecule has 1 aromatic rings. The Kier molecular flexibility index (Phi) is 4.53. The van der Waals surface area contributed by atoms with Crippen LogP contribution >= 0.6 is 0 Å². The number of carboxylic acids is 1. The van der Waals surface area contributed by atoms with Crippen LogP contribution in [0.5, 0.6) is 5.75 Å². The van der Waals surface area contributed by atoms with E-state index in [0.29, 0.717) is 5.75 Å². The lowest BCUT2D eigenvalue weighted by molar-refractivity contribution is -0.139. The third-order valence-corrected chi connectivity index (χ3v) is 2.53. The standard InChI is InChI=1S/C14H19NO4/c1-14(2,3)13(18)15(4)10-5-7-11(8-6-10)19-9-12(16)17/h5-8H,9H2,1-4H3,(H,16,17). The predicted molar refractivity (Wildman–Crippen MR) is 72.4 cm³/mol. The lowest BCUT2D eigenvalue weighted by atomic mass is 9.95. The van der Waals surface area contributed by atoms with Gasteiger partial charge in [0.25, 0.3) is 0 Å². The fraction of sp³-hybridized carbons (Fsp3) is 0.429. The van der Waals surface area contributed by atoms with Gasteiger partial charge < -0.3 is 14.7 Å². The summed E-state index contributed by atoms with van der Waals surface area (Å²) in [6, 6.07) is 6.73. The van der Waals surface area contributed by atoms with E-state index in [0.717, 1.165) is 5.69 Å². The Morgan fingerprint density at radius 3 is 2.16 bits per heavy atom. The molecule has 1 amide bonds. The predicted octanol–water partition coefficient (Wildman–Crippen LogP) is 2.16. The lowest BCUT2D eigenvalue weighted by Crippen LogP contribution is -2.36. The Morgan fingerprint density at radius 2 is 1.74 bits per heavy atom. The van der Waals surface area contributed by atoms with Crippen molar-refractivity contribution in [3.8, 4) is 5.75 Å². The normalized spacial score (nSPS) is 10.9. The summed E-state index contributed by atoms with van der Waals surface area (Å²) in [5, 5.41) is 8.50. The van der Waals surface area contributed by atoms with Gasteiger partial charge >= 0.3 is 5.97 Å². The number of hydrogen-bond acceptors (Lipinski definition) is 3. The van der Waals surface area contributed by atoms with Crippen molar-refractivity contribution in [2.24, 2.45) is 5.41 Å². The number of ether oxygens (including phenoxy) is 1. The second kappa shape index (κ2) is 5.73. The smallest absolute Gasteiger partial charge is 0.341 e. The highest BCUT2D eigenvalue weighted by atomic mass is 16.5. The van der Waals surface area contributed by atoms with Crippen molar-refractivity contribution in [2.75, 3.05) is 18.6 Å². The van der Waals surface area contributed by atoms with Crippen molar-refractivity contribution in [1.82, 2.24) is 0 Å². The number of hydrogen-bond donors (Lipinski definition) is 1. The first-order chi connectivity index (χ1) is 8.71. The van der Waals surface area contributed by atoms with Crippen LogP contribution in [0.3, 0.4) is 0 Å². The molecular weight excluding hydrogens is 246 g/mol. The number of aliphatic carboxylic acids is 1. The fourth-order valence-corrected chi connectivity index (χ4v) is 1.53. The van der Waals surface area contributed by atoms with E-state index in [-0.39, 0.29) is 12.5 Å². The molecule has 0 unspecified atom stereocenters. The molecule has 0 bridgehead atoms. The Morgan fingerprint density at radius 1 is 1.21 bits per heavy atom. The molecule has 0 aliphatic carbocycles. The van der Waals surface area contributed by atoms with Gasteiger partial charge in [0.05, 0.1) is 0 Å². The Labute approximate surface area is 112 Å². The lowest BCUT2D eigenvalue weighted by Gasteiger charge is -2.26. The molecular formula is C14H19NO4. The molecule has 0 aliphatic rings. The highest BCUT2D eigenvalue weighted by Crippen LogP contribution is 2.23. The zero-order valence-electron chi connectivity index (χ0n) is 11.6. The minimum Gasteiger partial charge on any atom is -0.482 e. The van der Waals surface area contributed by atoms with Gasteiger partial charge in [-0.3, -0.25) is 4.79 Å². The molecule has 0 heterocycles. The molecule has 0 saturated carbocycles. The number of carbonyl (C=O) groups is 2. The molecule has 1 N–H and O–H groups in total. The first kappa shape index (κ1) is 15.0. The average molecular weight is 265 g/mol. The second-order valence-corrected chi connectivity index (χ2v) is 5.29. The van der Waals surface area contributed by atoms with Crippen LogP contribution in [-0.4, -0.2) is 30.6 Å². The number of amides is 1. The van der Waals surface area contributed by atoms with Crippen LogP contribution in [0.25, 0.3) is 0 Å². The van der Waals surface area contributed by atoms with E-state index in [1.54, 1.807) is 36.2 Å². The van der Waals surface area contributed by atoms with E-state index in [9.17, 15) is 9.59 Å². The fourth-order valence-electron chi connectivity index (χ4n) is 1.53. The summed E-state index contributed by atoms with van der Waals surface area (Å²) in [4.78, 5) is 24.0. The Hall–Kier alpha value is -2.04. The minimum absolute atomic E-state index is 0.00621. The van der Waals surface area contributed by atoms with Gasteiger partial charge in [-0.2, -0.15) is 0 Å². The maximum atomic E-state index is 12.1. The highest BCUT2D eigenvalue weighted by molar-refractivity contribution is 5.96. The monoisotopic (exact) mass is 265 g/mol. The van der Waals surface area contributed by atoms with Crippen LogP contribution < -0.4 is 9.64 Å². The van der Waals surface area contributed by atoms with E-state index < -0.39 is 11.4 Å². The summed E-state index contributed by atoms with van der Waals surface area (Å²) < 4.78 is 5.03. The number of rotatable bonds is 4. The van der Waals surface area contributed by atoms with E-state index in [2.05, 4.69) is 0 Å². The van der Waals surface area contributed by atoms with Gasteiger partial charge in [-0.05, 0) is 24.3 Å². The van der Waals surface area contributed by atoms with Gasteiger partial charge in [0.15, 0.2) is 6.61 Å². The van der Waals surface area contributed by atoms with Crippen molar-refractivity contribution in [2.45, 2.75) is 20.8 Å². The molecule has 0 saturated heterocycles. The summed E-state index contributed by atoms with van der Waals surface area (Å²) in [5.41, 5.74) is 0.287. The van der Waals surface area contributed by atoms with Gasteiger partial charge in [0, 0.05) is 18.2 Å². The molecule has 104 valence electrons. The zero-order chi connectivity index (χ0) is 14.6. The SMILES string of the molecule is CN(C(=O)C(C)(C)C)c1ccc(OCC(=O)O)cc1. The van der Waals surface area contributed by atoms with Crippen molar-refractivity contribution in [3.63, 3.8) is 0 Å². The molecule has 0 fully saturated rings. The van der Waals surface area contributed by atoms with Gasteiger partial charge in [-0.25, -0.2) is 4.79 Å². The van der Waals surface area contributed by atoms with Gasteiger partial charge in [0.1, 0.15) is 5.75 Å². The summed E-state index contributed by atoms with van der Waals surface area (Å²) >= 11 is 0. The molecule has 19 heavy (non-hydrogen) atoms. The zero-order valence-corrected chi connectivity index (χ0v) is 11.6. The Balaban J connectivity index is 2.76. The molecule has 5 nitrogen and oxygen atoms in total. The van der Waals surface area contributed by atoms with Crippen LogP contribution in [0.2, 0.25) is 0 Å². The topological polar surface area (TPSA) is 66.8 Å². The number of nitrogens with zero attached hydrogens (tertiary/aromatic N) is 1. The van der Waals surface area contributed by atoms with Crippen molar-refractivity contribution in [1.29, 1.82) is 0 Å². The summed E-state index contributed by atoms with van der Waals surface area (Å²) in [5.74, 6) is -0.557. The van der Waals surface area contributed by atoms with Gasteiger partial charge in [-0.15, -0.1) is 0 Å². The van der Waals surface area contributed by atoms with Crippen LogP contribution in [0.15, 0.2) is 24.3 Å². The maximum absolute atomic E-state index is 12.1. The molecule has 1 rings (SSSR count). The third-order valence-electron chi connectivity index (χ3n) is 2.53. The number of carbonyl (C=O) groups excluding carboxylic acids is 1. The summed E-state index contributed by atoms with van der Waals surface area (Å²) in [7, 11) is 1.71. The third kappa shape index (κ3) is 4.28. The molecule has 0 radical (unpaired) electrons. The largest absolute Gasteiger partial charge is 0.482 e. The van der Waals surface area contributed by atoms with E-state index in [1.165, 1.54) is 0 Å². The first-order valence-electron chi connectivity index (χ1n) is 5.94. The summed E-state index contributed by atoms with van der Waals surface area (Å²) in [6.45, 7) is 5.19. The minimum atomic E-state index is -1.02. The van der Waals surface area contributed by atoms with Crippen molar-refractivity contribution in [3.05, 3.63) is 24.3 Å². The van der Waals surface area contributed by atoms with Crippen LogP contribution in [0.1, 0.15) is 20.8 Å². The van der Waals surface area contributed by atoms with Crippen molar-refractivity contribution >= 4 is 17.6 Å². The molecule has 1 aromatic carbocycles. The first-order valence-corrected chi connectivity index (χ1v) is 5.94. The van der Waals surface area contributed by atoms with E-state index in [1.807, 2.05) is 20.8 Å². The second-order valence-electron chi connectivity index (χ2n) is 5.29. The van der Waals surface area contributed by atoms with Gasteiger partial charge in [-0.1, -0.05) is 20.8 Å². The number of carboxylic acid groups (broad SMARTS) is 1. The quantitative estimate of drug-likeness (QED) is 0.906.